The van der Waals surface area contributed by atoms with Gasteiger partial charge in [0.15, 0.2) is 0 Å². The van der Waals surface area contributed by atoms with Crippen LogP contribution in [0.3, 0.4) is 0 Å². The predicted octanol–water partition coefficient (Wildman–Crippen LogP) is 3.88. The van der Waals surface area contributed by atoms with Gasteiger partial charge in [-0.15, -0.1) is 0 Å². The Balaban J connectivity index is 2.18. The highest BCUT2D eigenvalue weighted by atomic mass is 35.5. The highest BCUT2D eigenvalue weighted by Crippen LogP contribution is 2.22. The van der Waals surface area contributed by atoms with E-state index in [1.54, 1.807) is 44.2 Å². The second kappa shape index (κ2) is 7.78. The van der Waals surface area contributed by atoms with E-state index in [-0.39, 0.29) is 4.90 Å². The summed E-state index contributed by atoms with van der Waals surface area (Å²) in [6.07, 6.45) is 0. The standard InChI is InChI=1S/C19H23ClN2O3S/c1-11-8-13(3)18(14(4)9-11)26(24,25)22-15(5)19(23)21-16-7-6-12(2)17(20)10-16/h6-10,15,22H,1-5H3,(H,21,23). The van der Waals surface area contributed by atoms with Gasteiger partial charge in [0.1, 0.15) is 0 Å². The summed E-state index contributed by atoms with van der Waals surface area (Å²) in [4.78, 5) is 12.6. The topological polar surface area (TPSA) is 75.3 Å². The Labute approximate surface area is 159 Å². The monoisotopic (exact) mass is 394 g/mol. The van der Waals surface area contributed by atoms with Gasteiger partial charge in [0, 0.05) is 10.7 Å². The fourth-order valence-electron chi connectivity index (χ4n) is 2.86. The van der Waals surface area contributed by atoms with Crippen molar-refractivity contribution in [2.24, 2.45) is 0 Å². The van der Waals surface area contributed by atoms with Gasteiger partial charge in [-0.2, -0.15) is 4.72 Å². The molecule has 0 bridgehead atoms. The largest absolute Gasteiger partial charge is 0.325 e. The summed E-state index contributed by atoms with van der Waals surface area (Å²) >= 11 is 6.05. The highest BCUT2D eigenvalue weighted by molar-refractivity contribution is 7.89. The third kappa shape index (κ3) is 4.63. The van der Waals surface area contributed by atoms with Crippen LogP contribution < -0.4 is 10.0 Å². The van der Waals surface area contributed by atoms with Gasteiger partial charge in [0.2, 0.25) is 15.9 Å². The first-order valence-electron chi connectivity index (χ1n) is 8.18. The molecular weight excluding hydrogens is 372 g/mol. The number of sulfonamides is 1. The van der Waals surface area contributed by atoms with Gasteiger partial charge in [-0.25, -0.2) is 8.42 Å². The average molecular weight is 395 g/mol. The molecule has 0 radical (unpaired) electrons. The fourth-order valence-corrected chi connectivity index (χ4v) is 4.69. The third-order valence-electron chi connectivity index (χ3n) is 4.04. The molecule has 0 heterocycles. The second-order valence-corrected chi connectivity index (χ2v) is 8.58. The Bertz CT molecular complexity index is 932. The molecule has 26 heavy (non-hydrogen) atoms. The van der Waals surface area contributed by atoms with Crippen molar-refractivity contribution in [1.29, 1.82) is 0 Å². The van der Waals surface area contributed by atoms with Crippen LogP contribution in [0, 0.1) is 27.7 Å². The van der Waals surface area contributed by atoms with E-state index in [9.17, 15) is 13.2 Å². The smallest absolute Gasteiger partial charge is 0.242 e. The molecule has 1 unspecified atom stereocenters. The first-order valence-corrected chi connectivity index (χ1v) is 10.0. The summed E-state index contributed by atoms with van der Waals surface area (Å²) in [6.45, 7) is 8.76. The van der Waals surface area contributed by atoms with Crippen molar-refractivity contribution >= 4 is 33.2 Å². The molecule has 0 aliphatic rings. The van der Waals surface area contributed by atoms with Crippen LogP contribution in [0.2, 0.25) is 5.02 Å². The van der Waals surface area contributed by atoms with Gasteiger partial charge in [-0.05, 0) is 63.4 Å². The Kier molecular flexibility index (Phi) is 6.11. The summed E-state index contributed by atoms with van der Waals surface area (Å²) in [7, 11) is -3.83. The van der Waals surface area contributed by atoms with Gasteiger partial charge < -0.3 is 5.32 Å². The lowest BCUT2D eigenvalue weighted by molar-refractivity contribution is -0.117. The number of nitrogens with one attached hydrogen (secondary N) is 2. The third-order valence-corrected chi connectivity index (χ3v) is 6.29. The number of anilines is 1. The summed E-state index contributed by atoms with van der Waals surface area (Å²) < 4.78 is 27.9. The number of aryl methyl sites for hydroxylation is 4. The summed E-state index contributed by atoms with van der Waals surface area (Å²) in [5.74, 6) is -0.462. The van der Waals surface area contributed by atoms with Crippen LogP contribution in [0.25, 0.3) is 0 Å². The molecule has 0 aliphatic heterocycles. The number of carbonyl (C=O) groups excluding carboxylic acids is 1. The van der Waals surface area contributed by atoms with E-state index in [4.69, 9.17) is 11.6 Å². The molecule has 0 saturated heterocycles. The summed E-state index contributed by atoms with van der Waals surface area (Å²) in [6, 6.07) is 7.80. The number of carbonyl (C=O) groups is 1. The van der Waals surface area contributed by atoms with E-state index in [1.165, 1.54) is 6.92 Å². The molecular formula is C19H23ClN2O3S. The van der Waals surface area contributed by atoms with E-state index in [0.29, 0.717) is 21.8 Å². The second-order valence-electron chi connectivity index (χ2n) is 6.52. The number of amides is 1. The van der Waals surface area contributed by atoms with E-state index in [0.717, 1.165) is 11.1 Å². The quantitative estimate of drug-likeness (QED) is 0.808. The highest BCUT2D eigenvalue weighted by Gasteiger charge is 2.25. The van der Waals surface area contributed by atoms with Crippen molar-refractivity contribution in [3.63, 3.8) is 0 Å². The summed E-state index contributed by atoms with van der Waals surface area (Å²) in [5, 5.41) is 3.20. The van der Waals surface area contributed by atoms with Crippen LogP contribution in [0.15, 0.2) is 35.2 Å². The molecule has 2 N–H and O–H groups in total. The maximum atomic E-state index is 12.7. The maximum Gasteiger partial charge on any atom is 0.242 e. The van der Waals surface area contributed by atoms with Crippen LogP contribution in [0.4, 0.5) is 5.69 Å². The van der Waals surface area contributed by atoms with E-state index in [1.807, 2.05) is 13.8 Å². The first-order chi connectivity index (χ1) is 12.0. The van der Waals surface area contributed by atoms with Crippen molar-refractivity contribution in [3.8, 4) is 0 Å². The molecule has 5 nitrogen and oxygen atoms in total. The van der Waals surface area contributed by atoms with Crippen LogP contribution in [0.1, 0.15) is 29.2 Å². The van der Waals surface area contributed by atoms with E-state index in [2.05, 4.69) is 10.0 Å². The number of hydrogen-bond donors (Lipinski definition) is 2. The SMILES string of the molecule is Cc1cc(C)c(S(=O)(=O)NC(C)C(=O)Nc2ccc(C)c(Cl)c2)c(C)c1. The minimum atomic E-state index is -3.83. The lowest BCUT2D eigenvalue weighted by atomic mass is 10.1. The van der Waals surface area contributed by atoms with Gasteiger partial charge in [-0.3, -0.25) is 4.79 Å². The number of benzene rings is 2. The van der Waals surface area contributed by atoms with Crippen LogP contribution in [-0.4, -0.2) is 20.4 Å². The van der Waals surface area contributed by atoms with Crippen molar-refractivity contribution in [2.45, 2.75) is 45.6 Å². The molecule has 0 fully saturated rings. The zero-order chi connectivity index (χ0) is 19.6. The summed E-state index contributed by atoms with van der Waals surface area (Å²) in [5.41, 5.74) is 3.69. The predicted molar refractivity (Wildman–Crippen MR) is 105 cm³/mol. The van der Waals surface area contributed by atoms with Crippen molar-refractivity contribution in [1.82, 2.24) is 4.72 Å². The fraction of sp³-hybridized carbons (Fsp3) is 0.316. The minimum absolute atomic E-state index is 0.209. The molecule has 2 aromatic carbocycles. The zero-order valence-electron chi connectivity index (χ0n) is 15.5. The van der Waals surface area contributed by atoms with Gasteiger partial charge in [0.05, 0.1) is 10.9 Å². The zero-order valence-corrected chi connectivity index (χ0v) is 17.0. The molecule has 0 aromatic heterocycles. The van der Waals surface area contributed by atoms with Crippen LogP contribution in [0.5, 0.6) is 0 Å². The first kappa shape index (κ1) is 20.4. The molecule has 140 valence electrons. The Morgan fingerprint density at radius 3 is 2.12 bits per heavy atom. The maximum absolute atomic E-state index is 12.7. The molecule has 2 rings (SSSR count). The average Bonchev–Trinajstić information content (AvgIpc) is 2.48. The molecule has 0 saturated carbocycles. The lowest BCUT2D eigenvalue weighted by Gasteiger charge is -2.17. The molecule has 1 atom stereocenters. The number of hydrogen-bond acceptors (Lipinski definition) is 3. The van der Waals surface area contributed by atoms with Crippen molar-refractivity contribution in [3.05, 3.63) is 57.6 Å². The number of rotatable bonds is 5. The minimum Gasteiger partial charge on any atom is -0.325 e. The van der Waals surface area contributed by atoms with Crippen LogP contribution in [-0.2, 0) is 14.8 Å². The van der Waals surface area contributed by atoms with E-state index >= 15 is 0 Å². The van der Waals surface area contributed by atoms with Gasteiger partial charge in [-0.1, -0.05) is 35.4 Å². The molecule has 0 aliphatic carbocycles. The van der Waals surface area contributed by atoms with Gasteiger partial charge >= 0.3 is 0 Å². The molecule has 7 heteroatoms. The molecule has 2 aromatic rings. The van der Waals surface area contributed by atoms with Crippen molar-refractivity contribution < 1.29 is 13.2 Å². The molecule has 1 amide bonds. The lowest BCUT2D eigenvalue weighted by Crippen LogP contribution is -2.41. The number of halogens is 1. The normalized spacial score (nSPS) is 12.7. The van der Waals surface area contributed by atoms with E-state index < -0.39 is 22.0 Å². The Morgan fingerprint density at radius 2 is 1.58 bits per heavy atom. The Hall–Kier alpha value is -1.89. The molecule has 0 spiro atoms. The van der Waals surface area contributed by atoms with Crippen molar-refractivity contribution in [2.75, 3.05) is 5.32 Å². The Morgan fingerprint density at radius 1 is 1.00 bits per heavy atom. The van der Waals surface area contributed by atoms with Crippen LogP contribution >= 0.6 is 11.6 Å². The van der Waals surface area contributed by atoms with Gasteiger partial charge in [0.25, 0.3) is 0 Å².